The molecule has 0 spiro atoms. The first kappa shape index (κ1) is 12.0. The van der Waals surface area contributed by atoms with Crippen LogP contribution in [-0.2, 0) is 4.79 Å². The third-order valence-electron chi connectivity index (χ3n) is 2.46. The van der Waals surface area contributed by atoms with E-state index in [0.29, 0.717) is 11.3 Å². The first-order valence-corrected chi connectivity index (χ1v) is 5.49. The molecule has 4 heteroatoms. The molecule has 0 saturated carbocycles. The predicted octanol–water partition coefficient (Wildman–Crippen LogP) is 2.21. The number of anilines is 1. The van der Waals surface area contributed by atoms with Gasteiger partial charge in [-0.25, -0.2) is 0 Å². The van der Waals surface area contributed by atoms with Crippen LogP contribution in [0.15, 0.2) is 48.8 Å². The number of benzene rings is 1. The molecule has 1 amide bonds. The van der Waals surface area contributed by atoms with Crippen LogP contribution in [0.3, 0.4) is 0 Å². The minimum Gasteiger partial charge on any atom is -0.319 e. The van der Waals surface area contributed by atoms with E-state index in [0.717, 1.165) is 5.56 Å². The number of nitrogens with one attached hydrogen (secondary N) is 1. The van der Waals surface area contributed by atoms with Crippen molar-refractivity contribution in [2.24, 2.45) is 0 Å². The van der Waals surface area contributed by atoms with Crippen molar-refractivity contribution in [1.29, 1.82) is 0 Å². The summed E-state index contributed by atoms with van der Waals surface area (Å²) >= 11 is 0. The van der Waals surface area contributed by atoms with Gasteiger partial charge in [-0.15, -0.1) is 0 Å². The fraction of sp³-hybridized carbons (Fsp3) is 0.0714. The zero-order valence-corrected chi connectivity index (χ0v) is 9.88. The highest BCUT2D eigenvalue weighted by Crippen LogP contribution is 2.07. The third kappa shape index (κ3) is 2.79. The van der Waals surface area contributed by atoms with Gasteiger partial charge in [-0.1, -0.05) is 29.8 Å². The number of rotatable bonds is 3. The predicted molar refractivity (Wildman–Crippen MR) is 68.4 cm³/mol. The lowest BCUT2D eigenvalue weighted by molar-refractivity contribution is -0.112. The Bertz CT molecular complexity index is 562. The second-order valence-corrected chi connectivity index (χ2v) is 3.89. The van der Waals surface area contributed by atoms with Gasteiger partial charge < -0.3 is 5.32 Å². The lowest BCUT2D eigenvalue weighted by atomic mass is 10.1. The van der Waals surface area contributed by atoms with E-state index >= 15 is 0 Å². The molecule has 90 valence electrons. The molecule has 4 nitrogen and oxygen atoms in total. The molecule has 0 aliphatic heterocycles. The summed E-state index contributed by atoms with van der Waals surface area (Å²) < 4.78 is 0. The van der Waals surface area contributed by atoms with Crippen LogP contribution >= 0.6 is 0 Å². The number of amides is 1. The van der Waals surface area contributed by atoms with Crippen LogP contribution in [0, 0.1) is 6.92 Å². The van der Waals surface area contributed by atoms with Gasteiger partial charge in [-0.2, -0.15) is 0 Å². The highest BCUT2D eigenvalue weighted by Gasteiger charge is 2.15. The fourth-order valence-corrected chi connectivity index (χ4v) is 1.46. The van der Waals surface area contributed by atoms with Crippen LogP contribution in [0.1, 0.15) is 15.9 Å². The summed E-state index contributed by atoms with van der Waals surface area (Å²) in [5.41, 5.74) is 1.98. The molecule has 0 saturated heterocycles. The van der Waals surface area contributed by atoms with Crippen molar-refractivity contribution in [3.63, 3.8) is 0 Å². The van der Waals surface area contributed by atoms with E-state index in [4.69, 9.17) is 0 Å². The molecule has 1 aromatic carbocycles. The molecule has 1 aromatic heterocycles. The van der Waals surface area contributed by atoms with Crippen LogP contribution in [-0.4, -0.2) is 16.7 Å². The molecular weight excluding hydrogens is 228 g/mol. The Kier molecular flexibility index (Phi) is 3.48. The van der Waals surface area contributed by atoms with Crippen molar-refractivity contribution in [2.75, 3.05) is 5.32 Å². The standard InChI is InChI=1S/C14H12N2O2/c1-10-2-4-11(5-3-10)13(17)14(18)16-12-6-8-15-9-7-12/h2-9H,1H3,(H,15,16,18). The molecule has 2 rings (SSSR count). The molecule has 0 bridgehead atoms. The SMILES string of the molecule is Cc1ccc(C(=O)C(=O)Nc2ccncc2)cc1. The largest absolute Gasteiger partial charge is 0.319 e. The maximum absolute atomic E-state index is 11.8. The van der Waals surface area contributed by atoms with Gasteiger partial charge in [-0.3, -0.25) is 14.6 Å². The van der Waals surface area contributed by atoms with E-state index in [1.54, 1.807) is 48.8 Å². The first-order chi connectivity index (χ1) is 8.66. The molecule has 2 aromatic rings. The van der Waals surface area contributed by atoms with E-state index in [-0.39, 0.29) is 0 Å². The Morgan fingerprint density at radius 3 is 2.22 bits per heavy atom. The highest BCUT2D eigenvalue weighted by atomic mass is 16.2. The Morgan fingerprint density at radius 2 is 1.61 bits per heavy atom. The van der Waals surface area contributed by atoms with Crippen LogP contribution in [0.25, 0.3) is 0 Å². The molecule has 0 fully saturated rings. The average Bonchev–Trinajstić information content (AvgIpc) is 2.40. The van der Waals surface area contributed by atoms with E-state index in [1.165, 1.54) is 0 Å². The van der Waals surface area contributed by atoms with E-state index < -0.39 is 11.7 Å². The van der Waals surface area contributed by atoms with Gasteiger partial charge in [0, 0.05) is 23.6 Å². The van der Waals surface area contributed by atoms with Crippen LogP contribution in [0.5, 0.6) is 0 Å². The molecule has 1 heterocycles. The second kappa shape index (κ2) is 5.23. The summed E-state index contributed by atoms with van der Waals surface area (Å²) in [6, 6.07) is 10.1. The number of hydrogen-bond acceptors (Lipinski definition) is 3. The van der Waals surface area contributed by atoms with Crippen molar-refractivity contribution in [3.05, 3.63) is 59.9 Å². The number of ketones is 1. The number of aromatic nitrogens is 1. The van der Waals surface area contributed by atoms with Crippen molar-refractivity contribution in [1.82, 2.24) is 4.98 Å². The molecule has 0 aliphatic carbocycles. The van der Waals surface area contributed by atoms with E-state index in [2.05, 4.69) is 10.3 Å². The Labute approximate surface area is 105 Å². The number of carbonyl (C=O) groups is 2. The van der Waals surface area contributed by atoms with Crippen LogP contribution < -0.4 is 5.32 Å². The van der Waals surface area contributed by atoms with Gasteiger partial charge in [0.25, 0.3) is 11.7 Å². The lowest BCUT2D eigenvalue weighted by Crippen LogP contribution is -2.22. The van der Waals surface area contributed by atoms with Crippen LogP contribution in [0.4, 0.5) is 5.69 Å². The van der Waals surface area contributed by atoms with Crippen LogP contribution in [0.2, 0.25) is 0 Å². The first-order valence-electron chi connectivity index (χ1n) is 5.49. The minimum atomic E-state index is -0.648. The molecule has 0 atom stereocenters. The smallest absolute Gasteiger partial charge is 0.296 e. The zero-order valence-electron chi connectivity index (χ0n) is 9.88. The number of pyridine rings is 1. The normalized spacial score (nSPS) is 9.83. The molecule has 0 aliphatic rings. The molecule has 1 N–H and O–H groups in total. The Hall–Kier alpha value is -2.49. The van der Waals surface area contributed by atoms with Crippen molar-refractivity contribution >= 4 is 17.4 Å². The Balaban J connectivity index is 2.10. The zero-order chi connectivity index (χ0) is 13.0. The van der Waals surface area contributed by atoms with Gasteiger partial charge in [0.2, 0.25) is 0 Å². The molecule has 0 unspecified atom stereocenters. The summed E-state index contributed by atoms with van der Waals surface area (Å²) in [6.45, 7) is 1.92. The number of carbonyl (C=O) groups excluding carboxylic acids is 2. The van der Waals surface area contributed by atoms with Gasteiger partial charge in [0.15, 0.2) is 0 Å². The summed E-state index contributed by atoms with van der Waals surface area (Å²) in [5, 5.41) is 2.53. The van der Waals surface area contributed by atoms with Crippen molar-refractivity contribution < 1.29 is 9.59 Å². The third-order valence-corrected chi connectivity index (χ3v) is 2.46. The quantitative estimate of drug-likeness (QED) is 0.661. The van der Waals surface area contributed by atoms with E-state index in [9.17, 15) is 9.59 Å². The number of aryl methyl sites for hydroxylation is 1. The number of hydrogen-bond donors (Lipinski definition) is 1. The van der Waals surface area contributed by atoms with Gasteiger partial charge in [0.1, 0.15) is 0 Å². The lowest BCUT2D eigenvalue weighted by Gasteiger charge is -2.04. The van der Waals surface area contributed by atoms with Gasteiger partial charge in [-0.05, 0) is 19.1 Å². The topological polar surface area (TPSA) is 59.1 Å². The van der Waals surface area contributed by atoms with E-state index in [1.807, 2.05) is 6.92 Å². The average molecular weight is 240 g/mol. The summed E-state index contributed by atoms with van der Waals surface area (Å²) in [5.74, 6) is -1.20. The Morgan fingerprint density at radius 1 is 1.00 bits per heavy atom. The van der Waals surface area contributed by atoms with Gasteiger partial charge >= 0.3 is 0 Å². The monoisotopic (exact) mass is 240 g/mol. The maximum Gasteiger partial charge on any atom is 0.296 e. The summed E-state index contributed by atoms with van der Waals surface area (Å²) in [6.07, 6.45) is 3.10. The number of Topliss-reactive ketones (excluding diaryl/α,β-unsaturated/α-hetero) is 1. The van der Waals surface area contributed by atoms with Gasteiger partial charge in [0.05, 0.1) is 0 Å². The fourth-order valence-electron chi connectivity index (χ4n) is 1.46. The van der Waals surface area contributed by atoms with Crippen molar-refractivity contribution in [3.8, 4) is 0 Å². The molecular formula is C14H12N2O2. The number of nitrogens with zero attached hydrogens (tertiary/aromatic N) is 1. The van der Waals surface area contributed by atoms with Crippen molar-refractivity contribution in [2.45, 2.75) is 6.92 Å². The molecule has 18 heavy (non-hydrogen) atoms. The maximum atomic E-state index is 11.8. The minimum absolute atomic E-state index is 0.382. The summed E-state index contributed by atoms with van der Waals surface area (Å²) in [4.78, 5) is 27.4. The molecule has 0 radical (unpaired) electrons. The summed E-state index contributed by atoms with van der Waals surface area (Å²) in [7, 11) is 0. The highest BCUT2D eigenvalue weighted by molar-refractivity contribution is 6.46. The second-order valence-electron chi connectivity index (χ2n) is 3.89.